The summed E-state index contributed by atoms with van der Waals surface area (Å²) < 4.78 is 45.5. The van der Waals surface area contributed by atoms with Gasteiger partial charge in [0.15, 0.2) is 0 Å². The zero-order valence-electron chi connectivity index (χ0n) is 16.6. The van der Waals surface area contributed by atoms with E-state index in [2.05, 4.69) is 20.4 Å². The van der Waals surface area contributed by atoms with Crippen molar-refractivity contribution in [3.05, 3.63) is 48.2 Å². The van der Waals surface area contributed by atoms with Crippen molar-refractivity contribution in [2.45, 2.75) is 25.2 Å². The van der Waals surface area contributed by atoms with Crippen molar-refractivity contribution >= 4 is 17.6 Å². The molecule has 3 amide bonds. The lowest BCUT2D eigenvalue weighted by Crippen LogP contribution is -2.47. The van der Waals surface area contributed by atoms with Gasteiger partial charge in [-0.3, -0.25) is 4.79 Å². The van der Waals surface area contributed by atoms with Crippen LogP contribution in [0.15, 0.2) is 42.6 Å². The minimum atomic E-state index is -4.77. The third-order valence-electron chi connectivity index (χ3n) is 4.66. The molecule has 1 aliphatic heterocycles. The van der Waals surface area contributed by atoms with Crippen molar-refractivity contribution in [3.8, 4) is 11.6 Å². The summed E-state index contributed by atoms with van der Waals surface area (Å²) in [4.78, 5) is 30.6. The van der Waals surface area contributed by atoms with Gasteiger partial charge in [0.05, 0.1) is 7.11 Å². The van der Waals surface area contributed by atoms with E-state index in [1.807, 2.05) is 0 Å². The van der Waals surface area contributed by atoms with Crippen LogP contribution in [0.3, 0.4) is 0 Å². The summed E-state index contributed by atoms with van der Waals surface area (Å²) in [6, 6.07) is 7.52. The first-order valence-electron chi connectivity index (χ1n) is 9.47. The number of halogens is 3. The number of anilines is 1. The number of pyridine rings is 1. The molecule has 1 aliphatic rings. The number of nitrogens with one attached hydrogen (secondary N) is 2. The van der Waals surface area contributed by atoms with Gasteiger partial charge in [-0.25, -0.2) is 9.78 Å². The molecule has 0 aliphatic carbocycles. The molecule has 1 fully saturated rings. The lowest BCUT2D eigenvalue weighted by Gasteiger charge is -2.32. The van der Waals surface area contributed by atoms with Crippen LogP contribution >= 0.6 is 0 Å². The Labute approximate surface area is 176 Å². The van der Waals surface area contributed by atoms with Crippen LogP contribution in [-0.2, 0) is 0 Å². The maximum absolute atomic E-state index is 12.7. The van der Waals surface area contributed by atoms with Crippen LogP contribution < -0.4 is 20.1 Å². The van der Waals surface area contributed by atoms with Crippen LogP contribution in [0.25, 0.3) is 0 Å². The molecule has 166 valence electrons. The van der Waals surface area contributed by atoms with E-state index in [-0.39, 0.29) is 23.6 Å². The molecule has 1 saturated heterocycles. The van der Waals surface area contributed by atoms with Gasteiger partial charge in [0.25, 0.3) is 5.91 Å². The van der Waals surface area contributed by atoms with Crippen LogP contribution in [0.1, 0.15) is 23.2 Å². The number of piperidine rings is 1. The third-order valence-corrected chi connectivity index (χ3v) is 4.66. The van der Waals surface area contributed by atoms with Crippen molar-refractivity contribution < 1.29 is 32.2 Å². The van der Waals surface area contributed by atoms with Crippen LogP contribution in [0.2, 0.25) is 0 Å². The lowest BCUT2D eigenvalue weighted by molar-refractivity contribution is -0.274. The van der Waals surface area contributed by atoms with E-state index in [1.54, 1.807) is 23.2 Å². The number of amides is 3. The molecule has 2 N–H and O–H groups in total. The number of aromatic nitrogens is 1. The van der Waals surface area contributed by atoms with E-state index in [4.69, 9.17) is 4.74 Å². The summed E-state index contributed by atoms with van der Waals surface area (Å²) >= 11 is 0. The number of urea groups is 1. The van der Waals surface area contributed by atoms with Gasteiger partial charge in [-0.1, -0.05) is 0 Å². The smallest absolute Gasteiger partial charge is 0.480 e. The number of nitrogens with zero attached hydrogens (tertiary/aromatic N) is 2. The molecule has 0 unspecified atom stereocenters. The van der Waals surface area contributed by atoms with E-state index >= 15 is 0 Å². The summed E-state index contributed by atoms with van der Waals surface area (Å²) in [7, 11) is 1.45. The fourth-order valence-electron chi connectivity index (χ4n) is 3.21. The Balaban J connectivity index is 1.47. The summed E-state index contributed by atoms with van der Waals surface area (Å²) in [5, 5.41) is 5.37. The second kappa shape index (κ2) is 9.54. The second-order valence-electron chi connectivity index (χ2n) is 6.80. The Hall–Kier alpha value is -3.50. The van der Waals surface area contributed by atoms with Crippen LogP contribution in [-0.4, -0.2) is 54.4 Å². The Morgan fingerprint density at radius 1 is 1.13 bits per heavy atom. The topological polar surface area (TPSA) is 92.8 Å². The average molecular weight is 438 g/mol. The van der Waals surface area contributed by atoms with Crippen molar-refractivity contribution in [3.63, 3.8) is 0 Å². The number of ether oxygens (including phenoxy) is 2. The van der Waals surface area contributed by atoms with Crippen molar-refractivity contribution in [1.29, 1.82) is 0 Å². The molecule has 3 rings (SSSR count). The number of rotatable bonds is 5. The first-order chi connectivity index (χ1) is 14.7. The molecule has 1 aromatic heterocycles. The number of hydrogen-bond donors (Lipinski definition) is 2. The van der Waals surface area contributed by atoms with E-state index in [9.17, 15) is 22.8 Å². The predicted octanol–water partition coefficient (Wildman–Crippen LogP) is 3.42. The number of carbonyl (C=O) groups excluding carboxylic acids is 2. The van der Waals surface area contributed by atoms with Crippen LogP contribution in [0.4, 0.5) is 23.7 Å². The minimum absolute atomic E-state index is 0.146. The lowest BCUT2D eigenvalue weighted by atomic mass is 10.0. The molecule has 0 radical (unpaired) electrons. The van der Waals surface area contributed by atoms with Gasteiger partial charge in [-0.05, 0) is 49.2 Å². The maximum Gasteiger partial charge on any atom is 0.573 e. The summed E-state index contributed by atoms with van der Waals surface area (Å²) in [6.07, 6.45) is -2.12. The van der Waals surface area contributed by atoms with E-state index < -0.39 is 12.4 Å². The molecule has 8 nitrogen and oxygen atoms in total. The van der Waals surface area contributed by atoms with Crippen LogP contribution in [0.5, 0.6) is 11.6 Å². The minimum Gasteiger partial charge on any atom is -0.480 e. The molecule has 2 aromatic rings. The van der Waals surface area contributed by atoms with E-state index in [1.165, 1.54) is 19.2 Å². The van der Waals surface area contributed by atoms with Gasteiger partial charge in [-0.15, -0.1) is 13.2 Å². The Morgan fingerprint density at radius 3 is 2.42 bits per heavy atom. The first-order valence-corrected chi connectivity index (χ1v) is 9.47. The summed E-state index contributed by atoms with van der Waals surface area (Å²) in [6.45, 7) is 0.899. The van der Waals surface area contributed by atoms with E-state index in [0.717, 1.165) is 12.1 Å². The molecule has 2 heterocycles. The standard InChI is InChI=1S/C20H21F3N4O4/c1-30-17-16(3-2-10-24-17)18(28)27-11-8-14(9-12-27)26-19(29)25-13-4-6-15(7-5-13)31-20(21,22)23/h2-7,10,14H,8-9,11-12H2,1H3,(H2,25,26,29). The number of benzene rings is 1. The van der Waals surface area contributed by atoms with Gasteiger partial charge < -0.3 is 25.0 Å². The van der Waals surface area contributed by atoms with Gasteiger partial charge in [0.2, 0.25) is 5.88 Å². The Morgan fingerprint density at radius 2 is 1.81 bits per heavy atom. The van der Waals surface area contributed by atoms with Crippen molar-refractivity contribution in [1.82, 2.24) is 15.2 Å². The molecule has 11 heteroatoms. The van der Waals surface area contributed by atoms with Crippen molar-refractivity contribution in [2.75, 3.05) is 25.5 Å². The number of likely N-dealkylation sites (tertiary alicyclic amines) is 1. The monoisotopic (exact) mass is 438 g/mol. The van der Waals surface area contributed by atoms with Gasteiger partial charge in [0, 0.05) is 31.0 Å². The molecule has 0 atom stereocenters. The van der Waals surface area contributed by atoms with Crippen LogP contribution in [0, 0.1) is 0 Å². The molecule has 0 saturated carbocycles. The molecule has 0 bridgehead atoms. The molecular formula is C20H21F3N4O4. The molecule has 31 heavy (non-hydrogen) atoms. The third kappa shape index (κ3) is 6.24. The number of hydrogen-bond acceptors (Lipinski definition) is 5. The van der Waals surface area contributed by atoms with Gasteiger partial charge in [-0.2, -0.15) is 0 Å². The van der Waals surface area contributed by atoms with Gasteiger partial charge in [0.1, 0.15) is 11.3 Å². The highest BCUT2D eigenvalue weighted by Crippen LogP contribution is 2.24. The summed E-state index contributed by atoms with van der Waals surface area (Å²) in [5.41, 5.74) is 0.704. The zero-order valence-corrected chi connectivity index (χ0v) is 16.6. The number of carbonyl (C=O) groups is 2. The van der Waals surface area contributed by atoms with Crippen molar-refractivity contribution in [2.24, 2.45) is 0 Å². The highest BCUT2D eigenvalue weighted by atomic mass is 19.4. The van der Waals surface area contributed by atoms with E-state index in [0.29, 0.717) is 37.2 Å². The fourth-order valence-corrected chi connectivity index (χ4v) is 3.21. The first kappa shape index (κ1) is 22.2. The molecular weight excluding hydrogens is 417 g/mol. The molecule has 0 spiro atoms. The fraction of sp³-hybridized carbons (Fsp3) is 0.350. The largest absolute Gasteiger partial charge is 0.573 e. The highest BCUT2D eigenvalue weighted by molar-refractivity contribution is 5.96. The maximum atomic E-state index is 12.7. The Bertz CT molecular complexity index is 913. The molecule has 1 aromatic carbocycles. The number of methoxy groups -OCH3 is 1. The SMILES string of the molecule is COc1ncccc1C(=O)N1CCC(NC(=O)Nc2ccc(OC(F)(F)F)cc2)CC1. The quantitative estimate of drug-likeness (QED) is 0.747. The predicted molar refractivity (Wildman–Crippen MR) is 105 cm³/mol. The highest BCUT2D eigenvalue weighted by Gasteiger charge is 2.31. The average Bonchev–Trinajstić information content (AvgIpc) is 2.74. The normalized spacial score (nSPS) is 14.6. The summed E-state index contributed by atoms with van der Waals surface area (Å²) in [5.74, 6) is -0.298. The zero-order chi connectivity index (χ0) is 22.4. The Kier molecular flexibility index (Phi) is 6.83. The van der Waals surface area contributed by atoms with Gasteiger partial charge >= 0.3 is 12.4 Å². The number of alkyl halides is 3. The second-order valence-corrected chi connectivity index (χ2v) is 6.80.